The summed E-state index contributed by atoms with van der Waals surface area (Å²) in [5, 5.41) is 22.2. The lowest BCUT2D eigenvalue weighted by Gasteiger charge is -2.62. The van der Waals surface area contributed by atoms with Crippen LogP contribution in [0.25, 0.3) is 0 Å². The van der Waals surface area contributed by atoms with E-state index < -0.39 is 63.0 Å². The quantitative estimate of drug-likeness (QED) is 0.388. The maximum Gasteiger partial charge on any atom is 0.333 e. The van der Waals surface area contributed by atoms with E-state index in [9.17, 15) is 28.2 Å². The standard InChI is InChI=1S/C29H42O8S/c1-6-27(4)15-23(37-24(32)17-36-38(34,35)20-9-7-18(2)8-10-20)28(5)19(3)11-13-29(21(16-30)26(27)33)14-12-22(31)25(28)29/h7-10,19,21,23,25-26,30,33H,6,11-17H2,1-5H3/t19-,21+,23-,25?,26+,27+,28+,29+/m1/s1. The number of aliphatic hydroxyl groups is 2. The largest absolute Gasteiger partial charge is 0.460 e. The molecule has 0 heterocycles. The molecular formula is C29H42O8S. The molecule has 0 aromatic heterocycles. The van der Waals surface area contributed by atoms with Gasteiger partial charge in [-0.15, -0.1) is 0 Å². The third kappa shape index (κ3) is 4.63. The van der Waals surface area contributed by atoms with Crippen LogP contribution in [0.4, 0.5) is 0 Å². The van der Waals surface area contributed by atoms with Gasteiger partial charge in [0, 0.05) is 30.3 Å². The highest BCUT2D eigenvalue weighted by Gasteiger charge is 2.69. The number of carbonyl (C=O) groups is 2. The first-order chi connectivity index (χ1) is 17.7. The zero-order chi connectivity index (χ0) is 28.1. The Hall–Kier alpha value is -1.81. The van der Waals surface area contributed by atoms with Gasteiger partial charge in [0.2, 0.25) is 0 Å². The van der Waals surface area contributed by atoms with E-state index in [1.54, 1.807) is 12.1 Å². The summed E-state index contributed by atoms with van der Waals surface area (Å²) in [6.07, 6.45) is 1.72. The molecule has 2 N–H and O–H groups in total. The fourth-order valence-electron chi connectivity index (χ4n) is 7.83. The minimum absolute atomic E-state index is 0.0355. The number of ketones is 1. The number of Topliss-reactive ketones (excluding diaryl/α,β-unsaturated/α-hetero) is 1. The Labute approximate surface area is 226 Å². The van der Waals surface area contributed by atoms with Crippen molar-refractivity contribution in [1.82, 2.24) is 0 Å². The zero-order valence-corrected chi connectivity index (χ0v) is 23.9. The van der Waals surface area contributed by atoms with Crippen molar-refractivity contribution in [3.05, 3.63) is 29.8 Å². The van der Waals surface area contributed by atoms with Crippen molar-refractivity contribution in [2.75, 3.05) is 13.2 Å². The number of aliphatic hydroxyl groups excluding tert-OH is 2. The van der Waals surface area contributed by atoms with E-state index in [1.165, 1.54) is 12.1 Å². The Bertz CT molecular complexity index is 1160. The molecule has 0 spiro atoms. The van der Waals surface area contributed by atoms with E-state index in [-0.39, 0.29) is 29.6 Å². The molecule has 1 aromatic rings. The Morgan fingerprint density at radius 3 is 2.42 bits per heavy atom. The van der Waals surface area contributed by atoms with Gasteiger partial charge in [-0.25, -0.2) is 4.79 Å². The van der Waals surface area contributed by atoms with Crippen molar-refractivity contribution >= 4 is 21.9 Å². The molecule has 8 nitrogen and oxygen atoms in total. The van der Waals surface area contributed by atoms with Gasteiger partial charge in [-0.2, -0.15) is 8.42 Å². The molecule has 0 amide bonds. The molecule has 212 valence electrons. The van der Waals surface area contributed by atoms with Gasteiger partial charge < -0.3 is 14.9 Å². The van der Waals surface area contributed by atoms with Gasteiger partial charge in [0.25, 0.3) is 10.1 Å². The van der Waals surface area contributed by atoms with Crippen molar-refractivity contribution in [2.45, 2.75) is 90.2 Å². The molecule has 4 rings (SSSR count). The number of hydrogen-bond acceptors (Lipinski definition) is 8. The van der Waals surface area contributed by atoms with Crippen LogP contribution in [0.3, 0.4) is 0 Å². The number of hydrogen-bond donors (Lipinski definition) is 2. The molecule has 0 aliphatic heterocycles. The lowest BCUT2D eigenvalue weighted by molar-refractivity contribution is -0.219. The summed E-state index contributed by atoms with van der Waals surface area (Å²) < 4.78 is 36.4. The van der Waals surface area contributed by atoms with Crippen LogP contribution in [0.1, 0.15) is 71.8 Å². The van der Waals surface area contributed by atoms with Crippen molar-refractivity contribution < 1.29 is 37.1 Å². The number of benzene rings is 1. The van der Waals surface area contributed by atoms with E-state index in [1.807, 2.05) is 27.7 Å². The second-order valence-corrected chi connectivity index (χ2v) is 14.0. The molecule has 1 aromatic carbocycles. The third-order valence-corrected chi connectivity index (χ3v) is 11.8. The van der Waals surface area contributed by atoms with Gasteiger partial charge >= 0.3 is 5.97 Å². The van der Waals surface area contributed by atoms with Crippen LogP contribution in [0, 0.1) is 40.9 Å². The second-order valence-electron chi connectivity index (χ2n) is 12.4. The van der Waals surface area contributed by atoms with Gasteiger partial charge in [-0.3, -0.25) is 8.98 Å². The van der Waals surface area contributed by atoms with Crippen molar-refractivity contribution in [3.8, 4) is 0 Å². The molecule has 1 unspecified atom stereocenters. The maximum atomic E-state index is 13.5. The lowest BCUT2D eigenvalue weighted by Crippen LogP contribution is -2.64. The molecule has 3 fully saturated rings. The summed E-state index contributed by atoms with van der Waals surface area (Å²) in [5.41, 5.74) is -1.10. The van der Waals surface area contributed by atoms with Crippen molar-refractivity contribution in [3.63, 3.8) is 0 Å². The van der Waals surface area contributed by atoms with Gasteiger partial charge in [-0.05, 0) is 67.9 Å². The lowest BCUT2D eigenvalue weighted by atomic mass is 9.43. The van der Waals surface area contributed by atoms with Gasteiger partial charge in [0.1, 0.15) is 11.9 Å². The first-order valence-corrected chi connectivity index (χ1v) is 15.1. The molecule has 3 saturated carbocycles. The molecule has 3 aliphatic rings. The first-order valence-electron chi connectivity index (χ1n) is 13.7. The van der Waals surface area contributed by atoms with E-state index in [2.05, 4.69) is 6.92 Å². The van der Waals surface area contributed by atoms with Gasteiger partial charge in [0.05, 0.1) is 11.0 Å². The van der Waals surface area contributed by atoms with Crippen LogP contribution in [-0.2, 0) is 28.6 Å². The van der Waals surface area contributed by atoms with Crippen molar-refractivity contribution in [2.24, 2.45) is 34.0 Å². The SMILES string of the molecule is CC[C@@]1(C)C[C@@H](OC(=O)COS(=O)(=O)c2ccc(C)cc2)[C@@]2(C)C3C(=O)CC[C@@]3(CC[C@H]2C)[C@@H](CO)[C@@H]1O. The molecule has 8 atom stereocenters. The van der Waals surface area contributed by atoms with E-state index >= 15 is 0 Å². The summed E-state index contributed by atoms with van der Waals surface area (Å²) in [7, 11) is -4.16. The third-order valence-electron chi connectivity index (χ3n) is 10.6. The van der Waals surface area contributed by atoms with Crippen LogP contribution >= 0.6 is 0 Å². The predicted octanol–water partition coefficient (Wildman–Crippen LogP) is 3.80. The minimum Gasteiger partial charge on any atom is -0.460 e. The molecule has 0 radical (unpaired) electrons. The Balaban J connectivity index is 1.67. The van der Waals surface area contributed by atoms with Crippen LogP contribution in [0.5, 0.6) is 0 Å². The van der Waals surface area contributed by atoms with Crippen molar-refractivity contribution in [1.29, 1.82) is 0 Å². The Kier molecular flexibility index (Phi) is 7.91. The Morgan fingerprint density at radius 2 is 1.82 bits per heavy atom. The monoisotopic (exact) mass is 550 g/mol. The highest BCUT2D eigenvalue weighted by Crippen LogP contribution is 2.68. The predicted molar refractivity (Wildman–Crippen MR) is 140 cm³/mol. The van der Waals surface area contributed by atoms with Crippen LogP contribution in [0.15, 0.2) is 29.2 Å². The molecule has 3 aliphatic carbocycles. The number of carbonyl (C=O) groups excluding carboxylic acids is 2. The van der Waals surface area contributed by atoms with Gasteiger partial charge in [-0.1, -0.05) is 45.4 Å². The first kappa shape index (κ1) is 29.2. The van der Waals surface area contributed by atoms with Crippen LogP contribution < -0.4 is 0 Å². The number of aryl methyl sites for hydroxylation is 1. The molecule has 0 saturated heterocycles. The highest BCUT2D eigenvalue weighted by molar-refractivity contribution is 7.86. The average molecular weight is 551 g/mol. The summed E-state index contributed by atoms with van der Waals surface area (Å²) in [5.74, 6) is -1.62. The summed E-state index contributed by atoms with van der Waals surface area (Å²) in [6, 6.07) is 6.14. The van der Waals surface area contributed by atoms with E-state index in [0.29, 0.717) is 19.3 Å². The fraction of sp³-hybridized carbons (Fsp3) is 0.724. The minimum atomic E-state index is -4.16. The van der Waals surface area contributed by atoms with E-state index in [0.717, 1.165) is 18.4 Å². The maximum absolute atomic E-state index is 13.5. The smallest absolute Gasteiger partial charge is 0.333 e. The second kappa shape index (κ2) is 10.3. The average Bonchev–Trinajstić information content (AvgIpc) is 3.22. The van der Waals surface area contributed by atoms with E-state index in [4.69, 9.17) is 8.92 Å². The van der Waals surface area contributed by atoms with Gasteiger partial charge in [0.15, 0.2) is 6.61 Å². The van der Waals surface area contributed by atoms with Crippen LogP contribution in [-0.4, -0.2) is 55.8 Å². The molecule has 2 bridgehead atoms. The Morgan fingerprint density at radius 1 is 1.16 bits per heavy atom. The summed E-state index contributed by atoms with van der Waals surface area (Å²) in [4.78, 5) is 26.6. The number of esters is 1. The molecule has 38 heavy (non-hydrogen) atoms. The van der Waals surface area contributed by atoms with Crippen LogP contribution in [0.2, 0.25) is 0 Å². The number of rotatable bonds is 7. The summed E-state index contributed by atoms with van der Waals surface area (Å²) >= 11 is 0. The number of ether oxygens (including phenoxy) is 1. The normalized spacial score (nSPS) is 39.2. The topological polar surface area (TPSA) is 127 Å². The fourth-order valence-corrected chi connectivity index (χ4v) is 8.69. The molecule has 9 heteroatoms. The highest BCUT2D eigenvalue weighted by atomic mass is 32.2. The zero-order valence-electron chi connectivity index (χ0n) is 23.1. The molecular weight excluding hydrogens is 508 g/mol. The summed E-state index contributed by atoms with van der Waals surface area (Å²) in [6.45, 7) is 8.83.